The Kier molecular flexibility index (Phi) is 4.87. The fourth-order valence-electron chi connectivity index (χ4n) is 3.56. The van der Waals surface area contributed by atoms with Gasteiger partial charge >= 0.3 is 0 Å². The van der Waals surface area contributed by atoms with Crippen molar-refractivity contribution >= 4 is 11.6 Å². The highest BCUT2D eigenvalue weighted by molar-refractivity contribution is 5.99. The Balaban J connectivity index is 1.90. The molecule has 1 aromatic rings. The number of anilines is 1. The van der Waals surface area contributed by atoms with Crippen LogP contribution in [0.5, 0.6) is 5.75 Å². The van der Waals surface area contributed by atoms with Gasteiger partial charge in [0.05, 0.1) is 5.69 Å². The fourth-order valence-corrected chi connectivity index (χ4v) is 3.56. The minimum Gasteiger partial charge on any atom is -0.479 e. The number of hydrogen-bond acceptors (Lipinski definition) is 4. The summed E-state index contributed by atoms with van der Waals surface area (Å²) < 4.78 is 5.74. The highest BCUT2D eigenvalue weighted by Crippen LogP contribution is 2.37. The summed E-state index contributed by atoms with van der Waals surface area (Å²) in [6, 6.07) is 6.74. The van der Waals surface area contributed by atoms with Crippen LogP contribution >= 0.6 is 0 Å². The highest BCUT2D eigenvalue weighted by atomic mass is 16.5. The lowest BCUT2D eigenvalue weighted by atomic mass is 9.98. The molecule has 0 radical (unpaired) electrons. The van der Waals surface area contributed by atoms with Crippen LogP contribution in [0.3, 0.4) is 0 Å². The minimum absolute atomic E-state index is 0.0175. The lowest BCUT2D eigenvalue weighted by Crippen LogP contribution is -2.45. The number of nitrogens with one attached hydrogen (secondary N) is 1. The van der Waals surface area contributed by atoms with Gasteiger partial charge in [-0.3, -0.25) is 9.69 Å². The molecule has 1 aromatic carbocycles. The maximum absolute atomic E-state index is 12.2. The van der Waals surface area contributed by atoms with Crippen LogP contribution < -0.4 is 15.0 Å². The number of carbonyl (C=O) groups is 1. The number of nitrogens with zero attached hydrogens (tertiary/aromatic N) is 2. The zero-order valence-electron chi connectivity index (χ0n) is 14.3. The topological polar surface area (TPSA) is 44.8 Å². The molecule has 0 bridgehead atoms. The molecule has 0 aromatic heterocycles. The third-order valence-electron chi connectivity index (χ3n) is 4.87. The van der Waals surface area contributed by atoms with Crippen LogP contribution in [0, 0.1) is 0 Å². The van der Waals surface area contributed by atoms with Gasteiger partial charge in [-0.05, 0) is 31.0 Å². The summed E-state index contributed by atoms with van der Waals surface area (Å²) in [7, 11) is 1.84. The van der Waals surface area contributed by atoms with Crippen molar-refractivity contribution in [1.82, 2.24) is 10.2 Å². The quantitative estimate of drug-likeness (QED) is 0.924. The van der Waals surface area contributed by atoms with Gasteiger partial charge in [-0.1, -0.05) is 19.4 Å². The molecular weight excluding hydrogens is 290 g/mol. The molecule has 5 nitrogen and oxygen atoms in total. The molecule has 1 fully saturated rings. The third-order valence-corrected chi connectivity index (χ3v) is 4.87. The number of fused-ring (bicyclic) bond motifs is 1. The van der Waals surface area contributed by atoms with E-state index in [9.17, 15) is 4.79 Å². The molecule has 0 spiro atoms. The van der Waals surface area contributed by atoms with Crippen LogP contribution in [-0.4, -0.2) is 50.1 Å². The molecule has 1 N–H and O–H groups in total. The molecule has 0 saturated carbocycles. The Morgan fingerprint density at radius 1 is 1.35 bits per heavy atom. The molecule has 0 aliphatic carbocycles. The van der Waals surface area contributed by atoms with E-state index in [2.05, 4.69) is 29.3 Å². The van der Waals surface area contributed by atoms with Crippen LogP contribution in [0.15, 0.2) is 18.2 Å². The van der Waals surface area contributed by atoms with E-state index in [4.69, 9.17) is 4.74 Å². The number of hydrogen-bond donors (Lipinski definition) is 1. The molecule has 2 aliphatic heterocycles. The first kappa shape index (κ1) is 16.3. The Morgan fingerprint density at radius 3 is 2.78 bits per heavy atom. The first-order valence-corrected chi connectivity index (χ1v) is 8.64. The van der Waals surface area contributed by atoms with Gasteiger partial charge in [-0.2, -0.15) is 0 Å². The van der Waals surface area contributed by atoms with E-state index in [1.807, 2.05) is 13.1 Å². The summed E-state index contributed by atoms with van der Waals surface area (Å²) in [6.45, 7) is 8.27. The first-order valence-electron chi connectivity index (χ1n) is 8.64. The van der Waals surface area contributed by atoms with Gasteiger partial charge in [0.15, 0.2) is 6.10 Å². The molecule has 2 atom stereocenters. The maximum atomic E-state index is 12.2. The molecule has 2 unspecified atom stereocenters. The molecule has 3 rings (SSSR count). The van der Waals surface area contributed by atoms with Crippen molar-refractivity contribution in [2.75, 3.05) is 38.1 Å². The van der Waals surface area contributed by atoms with Crippen LogP contribution in [0.2, 0.25) is 0 Å². The second kappa shape index (κ2) is 6.89. The summed E-state index contributed by atoms with van der Waals surface area (Å²) in [6.07, 6.45) is 1.87. The van der Waals surface area contributed by atoms with Gasteiger partial charge in [0, 0.05) is 39.3 Å². The molecule has 5 heteroatoms. The van der Waals surface area contributed by atoms with E-state index in [-0.39, 0.29) is 5.91 Å². The number of ether oxygens (including phenoxy) is 1. The molecule has 1 saturated heterocycles. The summed E-state index contributed by atoms with van der Waals surface area (Å²) in [4.78, 5) is 16.5. The Hall–Kier alpha value is -1.59. The number of carbonyl (C=O) groups excluding carboxylic acids is 1. The van der Waals surface area contributed by atoms with Crippen molar-refractivity contribution in [2.45, 2.75) is 38.8 Å². The van der Waals surface area contributed by atoms with Crippen LogP contribution in [-0.2, 0) is 4.79 Å². The van der Waals surface area contributed by atoms with Crippen molar-refractivity contribution in [3.8, 4) is 5.75 Å². The fraction of sp³-hybridized carbons (Fsp3) is 0.611. The predicted molar refractivity (Wildman–Crippen MR) is 92.0 cm³/mol. The van der Waals surface area contributed by atoms with Crippen molar-refractivity contribution in [2.24, 2.45) is 0 Å². The lowest BCUT2D eigenvalue weighted by molar-refractivity contribution is -0.125. The maximum Gasteiger partial charge on any atom is 0.267 e. The van der Waals surface area contributed by atoms with Gasteiger partial charge in [-0.25, -0.2) is 0 Å². The van der Waals surface area contributed by atoms with E-state index in [1.54, 1.807) is 11.8 Å². The van der Waals surface area contributed by atoms with Crippen molar-refractivity contribution < 1.29 is 9.53 Å². The van der Waals surface area contributed by atoms with E-state index in [0.29, 0.717) is 6.04 Å². The number of benzene rings is 1. The van der Waals surface area contributed by atoms with Crippen LogP contribution in [0.4, 0.5) is 5.69 Å². The zero-order chi connectivity index (χ0) is 16.4. The highest BCUT2D eigenvalue weighted by Gasteiger charge is 2.30. The van der Waals surface area contributed by atoms with E-state index in [0.717, 1.165) is 50.5 Å². The SMILES string of the molecule is CCCC(c1ccc2c(c1)N(C)C(=O)C(C)O2)N1CCNCC1. The van der Waals surface area contributed by atoms with E-state index < -0.39 is 6.10 Å². The van der Waals surface area contributed by atoms with Crippen LogP contribution in [0.1, 0.15) is 38.3 Å². The molecule has 1 amide bonds. The number of rotatable bonds is 4. The Labute approximate surface area is 138 Å². The standard InChI is InChI=1S/C18H27N3O2/c1-4-5-15(21-10-8-19-9-11-21)14-6-7-17-16(12-14)20(3)18(22)13(2)23-17/h6-7,12-13,15,19H,4-5,8-11H2,1-3H3. The molecule has 23 heavy (non-hydrogen) atoms. The average molecular weight is 317 g/mol. The summed E-state index contributed by atoms with van der Waals surface area (Å²) >= 11 is 0. The van der Waals surface area contributed by atoms with Gasteiger partial charge in [-0.15, -0.1) is 0 Å². The number of piperazine rings is 1. The number of likely N-dealkylation sites (N-methyl/N-ethyl adjacent to an activating group) is 1. The Bertz CT molecular complexity index is 569. The molecular formula is C18H27N3O2. The van der Waals surface area contributed by atoms with Gasteiger partial charge in [0.1, 0.15) is 5.75 Å². The summed E-state index contributed by atoms with van der Waals surface area (Å²) in [5.74, 6) is 0.822. The largest absolute Gasteiger partial charge is 0.479 e. The zero-order valence-corrected chi connectivity index (χ0v) is 14.3. The van der Waals surface area contributed by atoms with Crippen molar-refractivity contribution in [3.05, 3.63) is 23.8 Å². The molecule has 126 valence electrons. The summed E-state index contributed by atoms with van der Waals surface area (Å²) in [5, 5.41) is 3.42. The predicted octanol–water partition coefficient (Wildman–Crippen LogP) is 2.18. The first-order chi connectivity index (χ1) is 11.1. The lowest BCUT2D eigenvalue weighted by Gasteiger charge is -2.36. The molecule has 2 heterocycles. The van der Waals surface area contributed by atoms with Crippen molar-refractivity contribution in [1.29, 1.82) is 0 Å². The normalized spacial score (nSPS) is 23.3. The van der Waals surface area contributed by atoms with E-state index >= 15 is 0 Å². The third kappa shape index (κ3) is 3.21. The van der Waals surface area contributed by atoms with Gasteiger partial charge in [0.25, 0.3) is 5.91 Å². The van der Waals surface area contributed by atoms with E-state index in [1.165, 1.54) is 5.56 Å². The smallest absolute Gasteiger partial charge is 0.267 e. The van der Waals surface area contributed by atoms with Gasteiger partial charge in [0.2, 0.25) is 0 Å². The number of amides is 1. The summed E-state index contributed by atoms with van der Waals surface area (Å²) in [5.41, 5.74) is 2.17. The Morgan fingerprint density at radius 2 is 2.09 bits per heavy atom. The second-order valence-electron chi connectivity index (χ2n) is 6.47. The monoisotopic (exact) mass is 317 g/mol. The molecule has 2 aliphatic rings. The minimum atomic E-state index is -0.405. The van der Waals surface area contributed by atoms with Crippen molar-refractivity contribution in [3.63, 3.8) is 0 Å². The van der Waals surface area contributed by atoms with Crippen LogP contribution in [0.25, 0.3) is 0 Å². The second-order valence-corrected chi connectivity index (χ2v) is 6.47. The van der Waals surface area contributed by atoms with Gasteiger partial charge < -0.3 is 15.0 Å². The average Bonchev–Trinajstić information content (AvgIpc) is 2.58.